The number of nitrogens with one attached hydrogen (secondary N) is 2. The number of nitrogens with two attached hydrogens (primary N) is 1. The Morgan fingerprint density at radius 2 is 2.19 bits per heavy atom. The third-order valence-electron chi connectivity index (χ3n) is 2.62. The average molecular weight is 324 g/mol. The molecule has 110 valence electrons. The standard InChI is InChI=1S/C13H14ClN5OS/c1-20-10-5-3-2-4-8(10)19-13(21)17-6-9-12(15)16-7-11(14)18-9/h2-5,7H,6H2,1H3,(H2,15,16)(H2,17,19,21). The topological polar surface area (TPSA) is 85.1 Å². The predicted octanol–water partition coefficient (Wildman–Crippen LogP) is 2.21. The lowest BCUT2D eigenvalue weighted by atomic mass is 10.3. The molecule has 0 aliphatic rings. The number of hydrogen-bond donors (Lipinski definition) is 3. The van der Waals surface area contributed by atoms with Crippen LogP contribution >= 0.6 is 23.8 Å². The molecule has 0 bridgehead atoms. The van der Waals surface area contributed by atoms with E-state index in [1.54, 1.807) is 7.11 Å². The summed E-state index contributed by atoms with van der Waals surface area (Å²) in [6.07, 6.45) is 1.39. The minimum Gasteiger partial charge on any atom is -0.495 e. The fraction of sp³-hybridized carbons (Fsp3) is 0.154. The number of aromatic nitrogens is 2. The number of para-hydroxylation sites is 2. The van der Waals surface area contributed by atoms with Gasteiger partial charge in [0.1, 0.15) is 22.4 Å². The Hall–Kier alpha value is -2.12. The monoisotopic (exact) mass is 323 g/mol. The van der Waals surface area contributed by atoms with Gasteiger partial charge in [-0.1, -0.05) is 23.7 Å². The van der Waals surface area contributed by atoms with Crippen molar-refractivity contribution in [1.29, 1.82) is 0 Å². The van der Waals surface area contributed by atoms with Gasteiger partial charge in [-0.05, 0) is 24.4 Å². The summed E-state index contributed by atoms with van der Waals surface area (Å²) in [4.78, 5) is 8.02. The highest BCUT2D eigenvalue weighted by atomic mass is 35.5. The van der Waals surface area contributed by atoms with Crippen molar-refractivity contribution < 1.29 is 4.74 Å². The number of benzene rings is 1. The molecule has 0 spiro atoms. The van der Waals surface area contributed by atoms with Gasteiger partial charge in [-0.25, -0.2) is 9.97 Å². The third-order valence-corrected chi connectivity index (χ3v) is 3.05. The zero-order chi connectivity index (χ0) is 15.2. The van der Waals surface area contributed by atoms with Crippen LogP contribution in [-0.2, 0) is 6.54 Å². The van der Waals surface area contributed by atoms with Crippen molar-refractivity contribution in [3.05, 3.63) is 41.3 Å². The van der Waals surface area contributed by atoms with Gasteiger partial charge in [0.05, 0.1) is 25.5 Å². The van der Waals surface area contributed by atoms with Crippen LogP contribution in [-0.4, -0.2) is 22.2 Å². The lowest BCUT2D eigenvalue weighted by molar-refractivity contribution is 0.417. The van der Waals surface area contributed by atoms with E-state index in [0.29, 0.717) is 28.9 Å². The van der Waals surface area contributed by atoms with Crippen molar-refractivity contribution in [2.75, 3.05) is 18.2 Å². The maximum absolute atomic E-state index is 5.78. The molecule has 2 rings (SSSR count). The summed E-state index contributed by atoms with van der Waals surface area (Å²) < 4.78 is 5.23. The second-order valence-corrected chi connectivity index (χ2v) is 4.83. The molecule has 0 aliphatic carbocycles. The first kappa shape index (κ1) is 15.3. The van der Waals surface area contributed by atoms with E-state index in [1.165, 1.54) is 6.20 Å². The molecule has 6 nitrogen and oxygen atoms in total. The molecule has 8 heteroatoms. The van der Waals surface area contributed by atoms with Gasteiger partial charge in [0.25, 0.3) is 0 Å². The van der Waals surface area contributed by atoms with Gasteiger partial charge < -0.3 is 21.1 Å². The first-order valence-corrected chi connectivity index (χ1v) is 6.83. The number of rotatable bonds is 4. The molecule has 0 unspecified atom stereocenters. The first-order valence-electron chi connectivity index (χ1n) is 6.05. The summed E-state index contributed by atoms with van der Waals surface area (Å²) in [5.41, 5.74) is 7.02. The number of anilines is 2. The Morgan fingerprint density at radius 1 is 1.43 bits per heavy atom. The van der Waals surface area contributed by atoms with E-state index in [9.17, 15) is 0 Å². The van der Waals surface area contributed by atoms with E-state index in [-0.39, 0.29) is 5.15 Å². The highest BCUT2D eigenvalue weighted by Crippen LogP contribution is 2.22. The van der Waals surface area contributed by atoms with Crippen molar-refractivity contribution >= 4 is 40.4 Å². The molecule has 1 aromatic carbocycles. The van der Waals surface area contributed by atoms with E-state index < -0.39 is 0 Å². The van der Waals surface area contributed by atoms with Crippen molar-refractivity contribution in [3.63, 3.8) is 0 Å². The smallest absolute Gasteiger partial charge is 0.171 e. The predicted molar refractivity (Wildman–Crippen MR) is 87.5 cm³/mol. The van der Waals surface area contributed by atoms with Gasteiger partial charge in [-0.15, -0.1) is 0 Å². The van der Waals surface area contributed by atoms with Crippen molar-refractivity contribution in [3.8, 4) is 5.75 Å². The zero-order valence-electron chi connectivity index (χ0n) is 11.3. The maximum atomic E-state index is 5.78. The van der Waals surface area contributed by atoms with Crippen LogP contribution in [0.1, 0.15) is 5.69 Å². The Balaban J connectivity index is 1.97. The highest BCUT2D eigenvalue weighted by Gasteiger charge is 2.06. The molecule has 21 heavy (non-hydrogen) atoms. The maximum Gasteiger partial charge on any atom is 0.171 e. The molecule has 4 N–H and O–H groups in total. The largest absolute Gasteiger partial charge is 0.495 e. The first-order chi connectivity index (χ1) is 10.1. The molecule has 2 aromatic rings. The Bertz CT molecular complexity index is 652. The van der Waals surface area contributed by atoms with Gasteiger partial charge in [0, 0.05) is 0 Å². The molecule has 1 aromatic heterocycles. The van der Waals surface area contributed by atoms with Crippen LogP contribution in [0.15, 0.2) is 30.5 Å². The molecule has 0 amide bonds. The van der Waals surface area contributed by atoms with Crippen LogP contribution in [0.3, 0.4) is 0 Å². The van der Waals surface area contributed by atoms with Gasteiger partial charge in [0.2, 0.25) is 0 Å². The van der Waals surface area contributed by atoms with E-state index >= 15 is 0 Å². The molecular formula is C13H14ClN5OS. The summed E-state index contributed by atoms with van der Waals surface area (Å²) in [6.45, 7) is 0.320. The van der Waals surface area contributed by atoms with E-state index in [2.05, 4.69) is 20.6 Å². The number of hydrogen-bond acceptors (Lipinski definition) is 5. The summed E-state index contributed by atoms with van der Waals surface area (Å²) in [5.74, 6) is 1.01. The summed E-state index contributed by atoms with van der Waals surface area (Å²) >= 11 is 11.0. The third kappa shape index (κ3) is 4.17. The normalized spacial score (nSPS) is 10.0. The van der Waals surface area contributed by atoms with Gasteiger partial charge >= 0.3 is 0 Å². The fourth-order valence-corrected chi connectivity index (χ4v) is 1.95. The summed E-state index contributed by atoms with van der Waals surface area (Å²) in [7, 11) is 1.60. The van der Waals surface area contributed by atoms with Gasteiger partial charge in [-0.2, -0.15) is 0 Å². The lowest BCUT2D eigenvalue weighted by Gasteiger charge is -2.13. The molecule has 0 aliphatic heterocycles. The quantitative estimate of drug-likeness (QED) is 0.744. The number of ether oxygens (including phenoxy) is 1. The van der Waals surface area contributed by atoms with E-state index in [1.807, 2.05) is 24.3 Å². The Morgan fingerprint density at radius 3 is 2.95 bits per heavy atom. The van der Waals surface area contributed by atoms with Crippen LogP contribution in [0.25, 0.3) is 0 Å². The molecule has 1 heterocycles. The second kappa shape index (κ2) is 7.05. The van der Waals surface area contributed by atoms with Crippen molar-refractivity contribution in [1.82, 2.24) is 15.3 Å². The molecule has 0 saturated carbocycles. The molecule has 0 saturated heterocycles. The summed E-state index contributed by atoms with van der Waals surface area (Å²) in [6, 6.07) is 7.46. The minimum atomic E-state index is 0.282. The molecule has 0 fully saturated rings. The number of thiocarbonyl (C=S) groups is 1. The van der Waals surface area contributed by atoms with E-state index in [4.69, 9.17) is 34.3 Å². The molecule has 0 atom stereocenters. The Kier molecular flexibility index (Phi) is 5.13. The summed E-state index contributed by atoms with van der Waals surface area (Å²) in [5, 5.41) is 6.73. The highest BCUT2D eigenvalue weighted by molar-refractivity contribution is 7.80. The Labute approximate surface area is 132 Å². The van der Waals surface area contributed by atoms with Crippen LogP contribution in [0, 0.1) is 0 Å². The number of methoxy groups -OCH3 is 1. The second-order valence-electron chi connectivity index (χ2n) is 4.03. The van der Waals surface area contributed by atoms with Crippen molar-refractivity contribution in [2.45, 2.75) is 6.54 Å². The van der Waals surface area contributed by atoms with Crippen molar-refractivity contribution in [2.24, 2.45) is 0 Å². The van der Waals surface area contributed by atoms with Crippen LogP contribution in [0.5, 0.6) is 5.75 Å². The number of nitrogen functional groups attached to an aromatic ring is 1. The fourth-order valence-electron chi connectivity index (χ4n) is 1.62. The van der Waals surface area contributed by atoms with Crippen LogP contribution in [0.2, 0.25) is 5.15 Å². The minimum absolute atomic E-state index is 0.282. The SMILES string of the molecule is COc1ccccc1NC(=S)NCc1nc(Cl)cnc1N. The number of halogens is 1. The van der Waals surface area contributed by atoms with Gasteiger partial charge in [0.15, 0.2) is 5.11 Å². The van der Waals surface area contributed by atoms with Gasteiger partial charge in [-0.3, -0.25) is 0 Å². The molecule has 0 radical (unpaired) electrons. The zero-order valence-corrected chi connectivity index (χ0v) is 12.8. The van der Waals surface area contributed by atoms with E-state index in [0.717, 1.165) is 5.69 Å². The lowest BCUT2D eigenvalue weighted by Crippen LogP contribution is -2.29. The molecular weight excluding hydrogens is 310 g/mol. The van der Waals surface area contributed by atoms with Crippen LogP contribution in [0.4, 0.5) is 11.5 Å². The number of nitrogens with zero attached hydrogens (tertiary/aromatic N) is 2. The van der Waals surface area contributed by atoms with Crippen LogP contribution < -0.4 is 21.1 Å². The average Bonchev–Trinajstić information content (AvgIpc) is 2.49.